The van der Waals surface area contributed by atoms with E-state index in [9.17, 15) is 4.39 Å². The minimum atomic E-state index is -0.271. The van der Waals surface area contributed by atoms with Gasteiger partial charge in [0.2, 0.25) is 0 Å². The predicted octanol–water partition coefficient (Wildman–Crippen LogP) is 4.14. The van der Waals surface area contributed by atoms with Crippen molar-refractivity contribution in [2.45, 2.75) is 39.2 Å². The van der Waals surface area contributed by atoms with E-state index in [2.05, 4.69) is 28.2 Å². The highest BCUT2D eigenvalue weighted by atomic mass is 79.9. The summed E-state index contributed by atoms with van der Waals surface area (Å²) in [6.45, 7) is 6.02. The Balaban J connectivity index is 2.26. The van der Waals surface area contributed by atoms with Gasteiger partial charge < -0.3 is 10.1 Å². The quantitative estimate of drug-likeness (QED) is 0.728. The van der Waals surface area contributed by atoms with Crippen LogP contribution in [0.4, 0.5) is 4.39 Å². The molecule has 0 saturated heterocycles. The van der Waals surface area contributed by atoms with E-state index in [4.69, 9.17) is 4.74 Å². The molecule has 0 saturated carbocycles. The van der Waals surface area contributed by atoms with Crippen molar-refractivity contribution in [3.63, 3.8) is 0 Å². The highest BCUT2D eigenvalue weighted by Crippen LogP contribution is 2.22. The average Bonchev–Trinajstić information content (AvgIpc) is 2.34. The summed E-state index contributed by atoms with van der Waals surface area (Å²) in [5.74, 6) is 0.416. The molecule has 0 aliphatic rings. The lowest BCUT2D eigenvalue weighted by Crippen LogP contribution is -2.29. The first-order valence-corrected chi connectivity index (χ1v) is 7.25. The van der Waals surface area contributed by atoms with E-state index in [0.29, 0.717) is 10.2 Å². The summed E-state index contributed by atoms with van der Waals surface area (Å²) in [5.41, 5.74) is 0. The fourth-order valence-corrected chi connectivity index (χ4v) is 1.99. The second kappa shape index (κ2) is 8.48. The molecule has 0 radical (unpaired) electrons. The summed E-state index contributed by atoms with van der Waals surface area (Å²) in [5, 5.41) is 3.36. The molecule has 0 amide bonds. The third-order valence-electron chi connectivity index (χ3n) is 2.62. The number of unbranched alkanes of at least 4 members (excludes halogenated alkanes) is 2. The van der Waals surface area contributed by atoms with Gasteiger partial charge in [0.1, 0.15) is 17.7 Å². The Hall–Kier alpha value is -0.610. The maximum atomic E-state index is 13.0. The Morgan fingerprint density at radius 3 is 2.83 bits per heavy atom. The van der Waals surface area contributed by atoms with Gasteiger partial charge in [0, 0.05) is 6.54 Å². The first kappa shape index (κ1) is 15.4. The van der Waals surface area contributed by atoms with Crippen molar-refractivity contribution >= 4 is 15.9 Å². The third kappa shape index (κ3) is 5.83. The van der Waals surface area contributed by atoms with Crippen molar-refractivity contribution in [2.24, 2.45) is 0 Å². The maximum Gasteiger partial charge on any atom is 0.137 e. The van der Waals surface area contributed by atoms with Crippen LogP contribution in [0, 0.1) is 5.82 Å². The molecule has 0 aliphatic carbocycles. The van der Waals surface area contributed by atoms with Gasteiger partial charge in [-0.2, -0.15) is 0 Å². The van der Waals surface area contributed by atoms with Crippen LogP contribution in [0.2, 0.25) is 0 Å². The van der Waals surface area contributed by atoms with Crippen molar-refractivity contribution < 1.29 is 9.13 Å². The van der Waals surface area contributed by atoms with Crippen LogP contribution in [0.15, 0.2) is 22.7 Å². The summed E-state index contributed by atoms with van der Waals surface area (Å²) >= 11 is 3.15. The van der Waals surface area contributed by atoms with Crippen LogP contribution >= 0.6 is 15.9 Å². The topological polar surface area (TPSA) is 21.3 Å². The number of benzene rings is 1. The van der Waals surface area contributed by atoms with Gasteiger partial charge in [-0.1, -0.05) is 19.8 Å². The van der Waals surface area contributed by atoms with E-state index in [-0.39, 0.29) is 11.9 Å². The molecule has 0 aliphatic heterocycles. The van der Waals surface area contributed by atoms with Crippen LogP contribution in [0.1, 0.15) is 33.1 Å². The smallest absolute Gasteiger partial charge is 0.137 e. The summed E-state index contributed by atoms with van der Waals surface area (Å²) in [7, 11) is 0. The molecule has 1 aromatic carbocycles. The van der Waals surface area contributed by atoms with Crippen LogP contribution in [0.5, 0.6) is 5.75 Å². The lowest BCUT2D eigenvalue weighted by atomic mass is 10.2. The summed E-state index contributed by atoms with van der Waals surface area (Å²) in [4.78, 5) is 0. The highest BCUT2D eigenvalue weighted by Gasteiger charge is 2.06. The zero-order valence-electron chi connectivity index (χ0n) is 11.0. The molecule has 1 N–H and O–H groups in total. The number of nitrogens with one attached hydrogen (secondary N) is 1. The van der Waals surface area contributed by atoms with Crippen LogP contribution in [0.25, 0.3) is 0 Å². The maximum absolute atomic E-state index is 13.0. The van der Waals surface area contributed by atoms with Crippen molar-refractivity contribution in [3.8, 4) is 5.75 Å². The molecule has 0 fully saturated rings. The van der Waals surface area contributed by atoms with Crippen LogP contribution in [-0.4, -0.2) is 19.2 Å². The number of halogens is 2. The number of ether oxygens (including phenoxy) is 1. The molecule has 0 heterocycles. The van der Waals surface area contributed by atoms with Gasteiger partial charge in [0.15, 0.2) is 0 Å². The molecular weight excluding hydrogens is 297 g/mol. The highest BCUT2D eigenvalue weighted by molar-refractivity contribution is 9.10. The van der Waals surface area contributed by atoms with E-state index >= 15 is 0 Å². The molecule has 0 bridgehead atoms. The van der Waals surface area contributed by atoms with E-state index in [1.54, 1.807) is 12.1 Å². The van der Waals surface area contributed by atoms with Crippen molar-refractivity contribution in [3.05, 3.63) is 28.5 Å². The Morgan fingerprint density at radius 2 is 2.17 bits per heavy atom. The van der Waals surface area contributed by atoms with Gasteiger partial charge in [-0.05, 0) is 54.0 Å². The average molecular weight is 318 g/mol. The van der Waals surface area contributed by atoms with E-state index in [0.717, 1.165) is 13.1 Å². The largest absolute Gasteiger partial charge is 0.489 e. The van der Waals surface area contributed by atoms with Crippen molar-refractivity contribution in [2.75, 3.05) is 13.1 Å². The Labute approximate surface area is 117 Å². The zero-order valence-corrected chi connectivity index (χ0v) is 12.6. The van der Waals surface area contributed by atoms with Gasteiger partial charge >= 0.3 is 0 Å². The summed E-state index contributed by atoms with van der Waals surface area (Å²) < 4.78 is 19.2. The summed E-state index contributed by atoms with van der Waals surface area (Å²) in [6.07, 6.45) is 3.76. The van der Waals surface area contributed by atoms with Crippen LogP contribution in [-0.2, 0) is 0 Å². The molecule has 0 spiro atoms. The first-order valence-electron chi connectivity index (χ1n) is 6.46. The van der Waals surface area contributed by atoms with Gasteiger partial charge in [-0.3, -0.25) is 0 Å². The van der Waals surface area contributed by atoms with Crippen LogP contribution in [0.3, 0.4) is 0 Å². The zero-order chi connectivity index (χ0) is 13.4. The minimum Gasteiger partial charge on any atom is -0.489 e. The number of rotatable bonds is 8. The normalized spacial score (nSPS) is 12.4. The Kier molecular flexibility index (Phi) is 7.28. The fourth-order valence-electron chi connectivity index (χ4n) is 1.63. The third-order valence-corrected chi connectivity index (χ3v) is 3.22. The fraction of sp³-hybridized carbons (Fsp3) is 0.571. The Bertz CT molecular complexity index is 360. The van der Waals surface area contributed by atoms with E-state index in [1.807, 2.05) is 6.92 Å². The molecule has 1 rings (SSSR count). The monoisotopic (exact) mass is 317 g/mol. The Morgan fingerprint density at radius 1 is 1.39 bits per heavy atom. The lowest BCUT2D eigenvalue weighted by molar-refractivity contribution is 0.216. The predicted molar refractivity (Wildman–Crippen MR) is 76.6 cm³/mol. The van der Waals surface area contributed by atoms with E-state index < -0.39 is 0 Å². The standard InChI is InChI=1S/C14H21BrFNO/c1-3-4-5-8-17-10-11(2)18-12-6-7-14(16)13(15)9-12/h6-7,9,11,17H,3-5,8,10H2,1-2H3. The van der Waals surface area contributed by atoms with E-state index in [1.165, 1.54) is 25.3 Å². The lowest BCUT2D eigenvalue weighted by Gasteiger charge is -2.15. The van der Waals surface area contributed by atoms with Gasteiger partial charge in [-0.15, -0.1) is 0 Å². The molecule has 4 heteroatoms. The molecule has 18 heavy (non-hydrogen) atoms. The molecule has 1 aromatic rings. The molecule has 1 unspecified atom stereocenters. The number of hydrogen-bond acceptors (Lipinski definition) is 2. The minimum absolute atomic E-state index is 0.0731. The first-order chi connectivity index (χ1) is 8.63. The SMILES string of the molecule is CCCCCNCC(C)Oc1ccc(F)c(Br)c1. The molecule has 102 valence electrons. The molecule has 1 atom stereocenters. The van der Waals surface area contributed by atoms with Crippen molar-refractivity contribution in [1.82, 2.24) is 5.32 Å². The second-order valence-corrected chi connectivity index (χ2v) is 5.27. The molecule has 2 nitrogen and oxygen atoms in total. The summed E-state index contributed by atoms with van der Waals surface area (Å²) in [6, 6.07) is 4.71. The van der Waals surface area contributed by atoms with Gasteiger partial charge in [0.05, 0.1) is 4.47 Å². The molecular formula is C14H21BrFNO. The van der Waals surface area contributed by atoms with Crippen LogP contribution < -0.4 is 10.1 Å². The van der Waals surface area contributed by atoms with Gasteiger partial charge in [-0.25, -0.2) is 4.39 Å². The second-order valence-electron chi connectivity index (χ2n) is 4.42. The van der Waals surface area contributed by atoms with Crippen molar-refractivity contribution in [1.29, 1.82) is 0 Å². The number of hydrogen-bond donors (Lipinski definition) is 1. The molecule has 0 aromatic heterocycles. The van der Waals surface area contributed by atoms with Gasteiger partial charge in [0.25, 0.3) is 0 Å².